The van der Waals surface area contributed by atoms with Gasteiger partial charge >= 0.3 is 0 Å². The number of fused-ring (bicyclic) bond motifs is 5. The normalized spacial score (nSPS) is 25.5. The van der Waals surface area contributed by atoms with Gasteiger partial charge in [0.15, 0.2) is 0 Å². The molecule has 1 aromatic heterocycles. The number of H-pyrrole nitrogens is 1. The smallest absolute Gasteiger partial charge is 0.259 e. The number of alkyl halides is 2. The number of rotatable bonds is 8. The highest BCUT2D eigenvalue weighted by atomic mass is 19.3. The molecule has 6 aliphatic rings. The maximum Gasteiger partial charge on any atom is 0.259 e. The summed E-state index contributed by atoms with van der Waals surface area (Å²) in [6, 6.07) is 12.8. The van der Waals surface area contributed by atoms with Gasteiger partial charge in [0.2, 0.25) is 11.8 Å². The van der Waals surface area contributed by atoms with Crippen LogP contribution in [0.2, 0.25) is 0 Å². The zero-order valence-corrected chi connectivity index (χ0v) is 35.1. The van der Waals surface area contributed by atoms with E-state index in [2.05, 4.69) is 37.6 Å². The lowest BCUT2D eigenvalue weighted by Gasteiger charge is -2.41. The van der Waals surface area contributed by atoms with Crippen LogP contribution in [-0.2, 0) is 29.1 Å². The maximum absolute atomic E-state index is 16.3. The summed E-state index contributed by atoms with van der Waals surface area (Å²) in [7, 11) is 0. The van der Waals surface area contributed by atoms with Crippen LogP contribution in [0.5, 0.6) is 0 Å². The molecule has 6 aliphatic heterocycles. The van der Waals surface area contributed by atoms with E-state index in [1.54, 1.807) is 0 Å². The van der Waals surface area contributed by atoms with E-state index < -0.39 is 42.6 Å². The summed E-state index contributed by atoms with van der Waals surface area (Å²) < 4.78 is 60.5. The number of benzene rings is 3. The Labute approximate surface area is 358 Å². The second kappa shape index (κ2) is 16.3. The predicted octanol–water partition coefficient (Wildman–Crippen LogP) is 7.37. The van der Waals surface area contributed by atoms with Crippen LogP contribution in [0.1, 0.15) is 102 Å². The number of nitrogens with one attached hydrogen (secondary N) is 2. The van der Waals surface area contributed by atoms with E-state index >= 15 is 8.78 Å². The molecule has 3 saturated heterocycles. The minimum Gasteiger partial charge on any atom is -0.371 e. The Morgan fingerprint density at radius 2 is 1.60 bits per heavy atom. The van der Waals surface area contributed by atoms with Crippen molar-refractivity contribution in [1.29, 1.82) is 0 Å². The fourth-order valence-electron chi connectivity index (χ4n) is 11.5. The molecule has 0 saturated carbocycles. The molecule has 2 N–H and O–H groups in total. The quantitative estimate of drug-likeness (QED) is 0.141. The van der Waals surface area contributed by atoms with Gasteiger partial charge in [-0.1, -0.05) is 24.8 Å². The molecule has 14 heteroatoms. The topological polar surface area (TPSA) is 95.2 Å². The number of imide groups is 1. The van der Waals surface area contributed by atoms with Crippen LogP contribution in [0.4, 0.5) is 23.2 Å². The fraction of sp³-hybridized carbons (Fsp3) is 0.479. The average molecular weight is 852 g/mol. The Hall–Kier alpha value is -5.05. The third-order valence-corrected chi connectivity index (χ3v) is 14.7. The molecule has 7 heterocycles. The lowest BCUT2D eigenvalue weighted by atomic mass is 9.88. The second-order valence-corrected chi connectivity index (χ2v) is 18.4. The van der Waals surface area contributed by atoms with Crippen LogP contribution in [0.15, 0.2) is 55.1 Å². The molecule has 3 aromatic carbocycles. The summed E-state index contributed by atoms with van der Waals surface area (Å²) in [6.07, 6.45) is 3.36. The molecule has 3 amide bonds. The highest BCUT2D eigenvalue weighted by Gasteiger charge is 2.43. The SMILES string of the molecule is C=C1c2cc3c(cc2C(=O)N1C1CCC(=O)NC1=O)CN(C1CCCN(CC2CCN(c4cc(F)c([C@@H]5c6[nH]c7ccccc7c6C[C@@H](C)N5CC(F)F)c(F)c4)CC2)CC1)C3. The van der Waals surface area contributed by atoms with Crippen LogP contribution in [-0.4, -0.2) is 106 Å². The molecular formula is C48H53F4N7O3. The number of anilines is 1. The first-order valence-corrected chi connectivity index (χ1v) is 22.3. The number of likely N-dealkylation sites (tertiary alicyclic amines) is 1. The third kappa shape index (κ3) is 7.31. The Balaban J connectivity index is 0.753. The first kappa shape index (κ1) is 41.0. The molecule has 0 radical (unpaired) electrons. The first-order chi connectivity index (χ1) is 29.9. The second-order valence-electron chi connectivity index (χ2n) is 18.4. The summed E-state index contributed by atoms with van der Waals surface area (Å²) in [5, 5.41) is 3.31. The van der Waals surface area contributed by atoms with Gasteiger partial charge in [-0.15, -0.1) is 0 Å². The number of hydrogen-bond acceptors (Lipinski definition) is 7. The number of para-hydroxylation sites is 1. The molecule has 4 atom stereocenters. The zero-order chi connectivity index (χ0) is 43.0. The molecule has 62 heavy (non-hydrogen) atoms. The van der Waals surface area contributed by atoms with E-state index in [-0.39, 0.29) is 36.3 Å². The largest absolute Gasteiger partial charge is 0.371 e. The molecule has 4 aromatic rings. The van der Waals surface area contributed by atoms with Crippen molar-refractivity contribution in [3.05, 3.63) is 106 Å². The molecular weight excluding hydrogens is 799 g/mol. The number of halogens is 4. The zero-order valence-electron chi connectivity index (χ0n) is 35.1. The van der Waals surface area contributed by atoms with Crippen LogP contribution in [0, 0.1) is 17.6 Å². The molecule has 2 unspecified atom stereocenters. The monoisotopic (exact) mass is 851 g/mol. The third-order valence-electron chi connectivity index (χ3n) is 14.7. The van der Waals surface area contributed by atoms with Crippen molar-refractivity contribution >= 4 is 40.0 Å². The van der Waals surface area contributed by atoms with Gasteiger partial charge in [-0.2, -0.15) is 0 Å². The number of aromatic amines is 1. The minimum absolute atomic E-state index is 0.191. The van der Waals surface area contributed by atoms with Gasteiger partial charge in [0.25, 0.3) is 12.3 Å². The van der Waals surface area contributed by atoms with Gasteiger partial charge in [-0.05, 0) is 118 Å². The van der Waals surface area contributed by atoms with E-state index in [9.17, 15) is 23.2 Å². The van der Waals surface area contributed by atoms with E-state index in [1.165, 1.54) is 27.5 Å². The van der Waals surface area contributed by atoms with Gasteiger partial charge in [0.1, 0.15) is 17.7 Å². The maximum atomic E-state index is 16.3. The predicted molar refractivity (Wildman–Crippen MR) is 228 cm³/mol. The number of aromatic nitrogens is 1. The number of amides is 3. The Kier molecular flexibility index (Phi) is 10.7. The van der Waals surface area contributed by atoms with E-state index in [0.29, 0.717) is 54.1 Å². The highest BCUT2D eigenvalue weighted by molar-refractivity contribution is 6.12. The number of hydrogen-bond donors (Lipinski definition) is 2. The molecule has 0 aliphatic carbocycles. The Morgan fingerprint density at radius 3 is 2.32 bits per heavy atom. The van der Waals surface area contributed by atoms with Crippen molar-refractivity contribution in [1.82, 2.24) is 29.9 Å². The molecule has 326 valence electrons. The van der Waals surface area contributed by atoms with Crippen molar-refractivity contribution < 1.29 is 31.9 Å². The van der Waals surface area contributed by atoms with Crippen LogP contribution < -0.4 is 10.2 Å². The minimum atomic E-state index is -2.66. The van der Waals surface area contributed by atoms with Gasteiger partial charge < -0.3 is 14.8 Å². The number of carbonyl (C=O) groups is 3. The fourth-order valence-corrected chi connectivity index (χ4v) is 11.5. The highest BCUT2D eigenvalue weighted by Crippen LogP contribution is 2.44. The van der Waals surface area contributed by atoms with Crippen molar-refractivity contribution in [2.75, 3.05) is 44.2 Å². The molecule has 0 bridgehead atoms. The van der Waals surface area contributed by atoms with Crippen molar-refractivity contribution in [2.45, 2.75) is 102 Å². The molecule has 10 rings (SSSR count). The lowest BCUT2D eigenvalue weighted by molar-refractivity contribution is -0.136. The number of carbonyl (C=O) groups excluding carboxylic acids is 3. The van der Waals surface area contributed by atoms with Crippen LogP contribution >= 0.6 is 0 Å². The van der Waals surface area contributed by atoms with Crippen LogP contribution in [0.3, 0.4) is 0 Å². The van der Waals surface area contributed by atoms with E-state index in [4.69, 9.17) is 0 Å². The van der Waals surface area contributed by atoms with Gasteiger partial charge in [0.05, 0.1) is 12.6 Å². The Bertz CT molecular complexity index is 2400. The standard InChI is InChI=1S/C48H53F4N7O3/c1-27-18-36-34-7-3-4-8-40(34)53-45(36)46(58(27)26-42(51)52)44-38(49)21-33(22-39(44)50)56-16-11-29(12-17-56)23-55-14-5-6-32(13-15-55)57-24-30-19-35-28(2)59(41-9-10-43(60)54-47(41)61)48(62)37(35)20-31(30)25-57/h3-4,7-8,19-22,27,29,32,41-42,46,53H,2,5-6,9-18,23-26H2,1H3,(H,54,60,61)/t27-,32?,41?,46-/m1/s1. The summed E-state index contributed by atoms with van der Waals surface area (Å²) in [5.74, 6) is -1.97. The van der Waals surface area contributed by atoms with E-state index in [0.717, 1.165) is 92.4 Å². The van der Waals surface area contributed by atoms with Gasteiger partial charge in [-0.3, -0.25) is 34.4 Å². The summed E-state index contributed by atoms with van der Waals surface area (Å²) in [4.78, 5) is 51.4. The number of nitrogens with zero attached hydrogens (tertiary/aromatic N) is 5. The molecule has 10 nitrogen and oxygen atoms in total. The summed E-state index contributed by atoms with van der Waals surface area (Å²) in [5.41, 5.74) is 6.80. The van der Waals surface area contributed by atoms with Gasteiger partial charge in [0, 0.05) is 95.9 Å². The van der Waals surface area contributed by atoms with Crippen molar-refractivity contribution in [3.8, 4) is 0 Å². The van der Waals surface area contributed by atoms with Gasteiger partial charge in [-0.25, -0.2) is 17.6 Å². The van der Waals surface area contributed by atoms with Crippen molar-refractivity contribution in [2.24, 2.45) is 5.92 Å². The van der Waals surface area contributed by atoms with Crippen LogP contribution in [0.25, 0.3) is 16.6 Å². The van der Waals surface area contributed by atoms with Crippen molar-refractivity contribution in [3.63, 3.8) is 0 Å². The average Bonchev–Trinajstić information content (AvgIpc) is 3.83. The molecule has 0 spiro atoms. The Morgan fingerprint density at radius 1 is 0.871 bits per heavy atom. The first-order valence-electron chi connectivity index (χ1n) is 22.3. The summed E-state index contributed by atoms with van der Waals surface area (Å²) >= 11 is 0. The lowest BCUT2D eigenvalue weighted by Crippen LogP contribution is -2.52. The summed E-state index contributed by atoms with van der Waals surface area (Å²) in [6.45, 7) is 11.4. The number of piperidine rings is 2. The molecule has 3 fully saturated rings. The van der Waals surface area contributed by atoms with E-state index in [1.807, 2.05) is 37.3 Å².